The molecule has 2 aromatic heterocycles. The lowest BCUT2D eigenvalue weighted by Gasteiger charge is -2.13. The number of carbonyl (C=O) groups excluding carboxylic acids is 1. The van der Waals surface area contributed by atoms with Gasteiger partial charge in [0.1, 0.15) is 11.4 Å². The summed E-state index contributed by atoms with van der Waals surface area (Å²) in [7, 11) is 3.44. The zero-order chi connectivity index (χ0) is 17.6. The van der Waals surface area contributed by atoms with Crippen LogP contribution in [0, 0.1) is 6.92 Å². The SMILES string of the molecule is COC(=O)c1cc(C2CC2)cnc1Nc1cc(C)c2c(ccn2C)c1. The van der Waals surface area contributed by atoms with Crippen molar-refractivity contribution < 1.29 is 9.53 Å². The fourth-order valence-corrected chi connectivity index (χ4v) is 3.38. The fraction of sp³-hybridized carbons (Fsp3) is 0.300. The summed E-state index contributed by atoms with van der Waals surface area (Å²) < 4.78 is 7.05. The van der Waals surface area contributed by atoms with E-state index in [-0.39, 0.29) is 5.97 Å². The summed E-state index contributed by atoms with van der Waals surface area (Å²) in [6.45, 7) is 2.08. The molecule has 0 unspecified atom stereocenters. The number of hydrogen-bond donors (Lipinski definition) is 1. The molecule has 1 saturated carbocycles. The summed E-state index contributed by atoms with van der Waals surface area (Å²) in [6, 6.07) is 8.13. The molecule has 3 aromatic rings. The molecule has 1 fully saturated rings. The molecule has 4 rings (SSSR count). The van der Waals surface area contributed by atoms with Gasteiger partial charge in [-0.1, -0.05) is 0 Å². The molecule has 0 amide bonds. The monoisotopic (exact) mass is 335 g/mol. The highest BCUT2D eigenvalue weighted by atomic mass is 16.5. The molecule has 1 aromatic carbocycles. The number of hydrogen-bond acceptors (Lipinski definition) is 4. The third-order valence-corrected chi connectivity index (χ3v) is 4.79. The Kier molecular flexibility index (Phi) is 3.71. The third kappa shape index (κ3) is 2.86. The average molecular weight is 335 g/mol. The quantitative estimate of drug-likeness (QED) is 0.723. The summed E-state index contributed by atoms with van der Waals surface area (Å²) in [4.78, 5) is 16.7. The van der Waals surface area contributed by atoms with E-state index in [0.717, 1.165) is 16.6 Å². The van der Waals surface area contributed by atoms with Crippen molar-refractivity contribution >= 4 is 28.4 Å². The molecule has 1 aliphatic carbocycles. The van der Waals surface area contributed by atoms with Crippen LogP contribution >= 0.6 is 0 Å². The molecule has 0 bridgehead atoms. The highest BCUT2D eigenvalue weighted by molar-refractivity contribution is 5.96. The third-order valence-electron chi connectivity index (χ3n) is 4.79. The van der Waals surface area contributed by atoms with E-state index in [1.807, 2.05) is 25.5 Å². The minimum Gasteiger partial charge on any atom is -0.465 e. The number of aryl methyl sites for hydroxylation is 2. The number of pyridine rings is 1. The van der Waals surface area contributed by atoms with Gasteiger partial charge in [-0.05, 0) is 61.1 Å². The van der Waals surface area contributed by atoms with E-state index in [1.165, 1.54) is 31.0 Å². The normalized spacial score (nSPS) is 13.9. The first kappa shape index (κ1) is 15.7. The molecule has 5 nitrogen and oxygen atoms in total. The van der Waals surface area contributed by atoms with Gasteiger partial charge >= 0.3 is 5.97 Å². The number of esters is 1. The number of benzene rings is 1. The number of methoxy groups -OCH3 is 1. The molecule has 1 N–H and O–H groups in total. The Morgan fingerprint density at radius 3 is 2.84 bits per heavy atom. The van der Waals surface area contributed by atoms with Crippen LogP contribution in [0.2, 0.25) is 0 Å². The fourth-order valence-electron chi connectivity index (χ4n) is 3.38. The standard InChI is InChI=1S/C20H21N3O2/c1-12-8-16(9-14-6-7-23(2)18(12)14)22-19-17(20(24)25-3)10-15(11-21-19)13-4-5-13/h6-11,13H,4-5H2,1-3H3,(H,21,22). The van der Waals surface area contributed by atoms with Gasteiger partial charge in [0, 0.05) is 30.5 Å². The first-order chi connectivity index (χ1) is 12.1. The van der Waals surface area contributed by atoms with Crippen molar-refractivity contribution in [2.24, 2.45) is 7.05 Å². The Hall–Kier alpha value is -2.82. The van der Waals surface area contributed by atoms with E-state index in [0.29, 0.717) is 17.3 Å². The molecule has 5 heteroatoms. The minimum atomic E-state index is -0.366. The summed E-state index contributed by atoms with van der Waals surface area (Å²) in [6.07, 6.45) is 6.24. The zero-order valence-corrected chi connectivity index (χ0v) is 14.7. The van der Waals surface area contributed by atoms with Crippen LogP contribution in [0.25, 0.3) is 10.9 Å². The Bertz CT molecular complexity index is 970. The van der Waals surface area contributed by atoms with E-state index in [1.54, 1.807) is 0 Å². The molecular weight excluding hydrogens is 314 g/mol. The number of aromatic nitrogens is 2. The van der Waals surface area contributed by atoms with Crippen molar-refractivity contribution in [1.82, 2.24) is 9.55 Å². The second-order valence-electron chi connectivity index (χ2n) is 6.71. The molecule has 0 saturated heterocycles. The maximum absolute atomic E-state index is 12.2. The summed E-state index contributed by atoms with van der Waals surface area (Å²) in [5.74, 6) is 0.703. The highest BCUT2D eigenvalue weighted by Crippen LogP contribution is 2.40. The van der Waals surface area contributed by atoms with E-state index < -0.39 is 0 Å². The number of nitrogens with one attached hydrogen (secondary N) is 1. The van der Waals surface area contributed by atoms with Gasteiger partial charge in [-0.3, -0.25) is 0 Å². The number of fused-ring (bicyclic) bond motifs is 1. The van der Waals surface area contributed by atoms with Crippen LogP contribution in [0.5, 0.6) is 0 Å². The maximum Gasteiger partial charge on any atom is 0.341 e. The Balaban J connectivity index is 1.73. The molecule has 0 atom stereocenters. The largest absolute Gasteiger partial charge is 0.465 e. The van der Waals surface area contributed by atoms with E-state index in [2.05, 4.69) is 40.0 Å². The number of ether oxygens (including phenoxy) is 1. The lowest BCUT2D eigenvalue weighted by Crippen LogP contribution is -2.08. The molecule has 0 aliphatic heterocycles. The lowest BCUT2D eigenvalue weighted by atomic mass is 10.1. The summed E-state index contributed by atoms with van der Waals surface area (Å²) >= 11 is 0. The molecule has 1 aliphatic rings. The molecule has 0 spiro atoms. The van der Waals surface area contributed by atoms with Gasteiger partial charge in [0.2, 0.25) is 0 Å². The average Bonchev–Trinajstić information content (AvgIpc) is 3.38. The first-order valence-corrected chi connectivity index (χ1v) is 8.48. The van der Waals surface area contributed by atoms with Gasteiger partial charge in [0.15, 0.2) is 0 Å². The maximum atomic E-state index is 12.2. The Morgan fingerprint density at radius 2 is 2.12 bits per heavy atom. The van der Waals surface area contributed by atoms with E-state index in [9.17, 15) is 4.79 Å². The van der Waals surface area contributed by atoms with Crippen molar-refractivity contribution in [1.29, 1.82) is 0 Å². The van der Waals surface area contributed by atoms with Crippen LogP contribution in [0.3, 0.4) is 0 Å². The van der Waals surface area contributed by atoms with Crippen LogP contribution in [-0.4, -0.2) is 22.6 Å². The number of carbonyl (C=O) groups is 1. The molecule has 25 heavy (non-hydrogen) atoms. The second kappa shape index (κ2) is 5.92. The predicted octanol–water partition coefficient (Wildman–Crippen LogP) is 4.29. The smallest absolute Gasteiger partial charge is 0.341 e. The second-order valence-corrected chi connectivity index (χ2v) is 6.71. The minimum absolute atomic E-state index is 0.366. The molecule has 0 radical (unpaired) electrons. The van der Waals surface area contributed by atoms with Crippen molar-refractivity contribution in [3.05, 3.63) is 53.3 Å². The number of nitrogens with zero attached hydrogens (tertiary/aromatic N) is 2. The van der Waals surface area contributed by atoms with E-state index >= 15 is 0 Å². The van der Waals surface area contributed by atoms with E-state index in [4.69, 9.17) is 4.74 Å². The Labute approximate surface area is 146 Å². The van der Waals surface area contributed by atoms with Crippen molar-refractivity contribution in [2.75, 3.05) is 12.4 Å². The van der Waals surface area contributed by atoms with Gasteiger partial charge in [-0.25, -0.2) is 9.78 Å². The molecular formula is C20H21N3O2. The van der Waals surface area contributed by atoms with Crippen molar-refractivity contribution in [2.45, 2.75) is 25.7 Å². The van der Waals surface area contributed by atoms with Crippen LogP contribution in [0.4, 0.5) is 11.5 Å². The molecule has 128 valence electrons. The summed E-state index contributed by atoms with van der Waals surface area (Å²) in [5, 5.41) is 4.45. The van der Waals surface area contributed by atoms with Crippen molar-refractivity contribution in [3.63, 3.8) is 0 Å². The lowest BCUT2D eigenvalue weighted by molar-refractivity contribution is 0.0601. The van der Waals surface area contributed by atoms with Crippen LogP contribution in [-0.2, 0) is 11.8 Å². The van der Waals surface area contributed by atoms with Gasteiger partial charge in [0.25, 0.3) is 0 Å². The van der Waals surface area contributed by atoms with Gasteiger partial charge in [0.05, 0.1) is 12.6 Å². The summed E-state index contributed by atoms with van der Waals surface area (Å²) in [5.41, 5.74) is 4.88. The topological polar surface area (TPSA) is 56.1 Å². The number of rotatable bonds is 4. The van der Waals surface area contributed by atoms with Gasteiger partial charge < -0.3 is 14.6 Å². The van der Waals surface area contributed by atoms with Gasteiger partial charge in [-0.2, -0.15) is 0 Å². The van der Waals surface area contributed by atoms with Crippen molar-refractivity contribution in [3.8, 4) is 0 Å². The van der Waals surface area contributed by atoms with Crippen LogP contribution < -0.4 is 5.32 Å². The first-order valence-electron chi connectivity index (χ1n) is 8.48. The highest BCUT2D eigenvalue weighted by Gasteiger charge is 2.26. The number of anilines is 2. The van der Waals surface area contributed by atoms with Crippen LogP contribution in [0.1, 0.15) is 40.2 Å². The Morgan fingerprint density at radius 1 is 1.32 bits per heavy atom. The predicted molar refractivity (Wildman–Crippen MR) is 98.5 cm³/mol. The molecule has 2 heterocycles. The zero-order valence-electron chi connectivity index (χ0n) is 14.7. The van der Waals surface area contributed by atoms with Crippen LogP contribution in [0.15, 0.2) is 36.7 Å². The van der Waals surface area contributed by atoms with Gasteiger partial charge in [-0.15, -0.1) is 0 Å².